The van der Waals surface area contributed by atoms with Gasteiger partial charge in [0.05, 0.1) is 27.4 Å². The number of pyridine rings is 1. The van der Waals surface area contributed by atoms with E-state index in [4.69, 9.17) is 4.74 Å². The highest BCUT2D eigenvalue weighted by Gasteiger charge is 2.59. The number of imide groups is 1. The molecule has 1 aromatic carbocycles. The molecule has 2 heterocycles. The van der Waals surface area contributed by atoms with Crippen LogP contribution in [0.3, 0.4) is 0 Å². The number of halogens is 1. The second kappa shape index (κ2) is 7.38. The van der Waals surface area contributed by atoms with Gasteiger partial charge in [0, 0.05) is 12.1 Å². The van der Waals surface area contributed by atoms with Crippen LogP contribution in [-0.2, 0) is 9.59 Å². The van der Waals surface area contributed by atoms with Crippen molar-refractivity contribution in [2.24, 2.45) is 28.8 Å². The number of aromatic nitrogens is 1. The van der Waals surface area contributed by atoms with Crippen LogP contribution in [0.1, 0.15) is 12.0 Å². The molecule has 2 fully saturated rings. The summed E-state index contributed by atoms with van der Waals surface area (Å²) in [4.78, 5) is 39.4. The van der Waals surface area contributed by atoms with Gasteiger partial charge in [-0.25, -0.2) is 4.98 Å². The summed E-state index contributed by atoms with van der Waals surface area (Å²) in [5, 5.41) is 15.9. The van der Waals surface area contributed by atoms with Crippen molar-refractivity contribution >= 4 is 39.6 Å². The molecule has 31 heavy (non-hydrogen) atoms. The number of amides is 2. The van der Waals surface area contributed by atoms with E-state index in [2.05, 4.69) is 26.0 Å². The Morgan fingerprint density at radius 2 is 1.87 bits per heavy atom. The molecule has 5 rings (SSSR count). The molecule has 1 saturated heterocycles. The largest absolute Gasteiger partial charge is 0.438 e. The molecule has 1 saturated carbocycles. The molecule has 2 aliphatic carbocycles. The van der Waals surface area contributed by atoms with Gasteiger partial charge in [0.25, 0.3) is 17.5 Å². The van der Waals surface area contributed by atoms with Gasteiger partial charge < -0.3 is 4.74 Å². The van der Waals surface area contributed by atoms with Crippen LogP contribution in [0.2, 0.25) is 0 Å². The summed E-state index contributed by atoms with van der Waals surface area (Å²) < 4.78 is 6.23. The van der Waals surface area contributed by atoms with Crippen LogP contribution in [0.4, 0.5) is 5.69 Å². The van der Waals surface area contributed by atoms with E-state index in [1.165, 1.54) is 18.3 Å². The molecule has 2 aromatic rings. The molecule has 0 spiro atoms. The van der Waals surface area contributed by atoms with E-state index < -0.39 is 4.92 Å². The summed E-state index contributed by atoms with van der Waals surface area (Å²) in [6, 6.07) is 7.82. The van der Waals surface area contributed by atoms with Gasteiger partial charge in [-0.15, -0.1) is 0 Å². The van der Waals surface area contributed by atoms with Crippen LogP contribution in [0.25, 0.3) is 0 Å². The van der Waals surface area contributed by atoms with Crippen molar-refractivity contribution < 1.29 is 19.2 Å². The van der Waals surface area contributed by atoms with Gasteiger partial charge >= 0.3 is 0 Å². The lowest BCUT2D eigenvalue weighted by atomic mass is 9.85. The molecule has 0 unspecified atom stereocenters. The Labute approximate surface area is 184 Å². The third-order valence-corrected chi connectivity index (χ3v) is 6.49. The molecule has 3 aliphatic rings. The zero-order valence-electron chi connectivity index (χ0n) is 15.9. The fourth-order valence-corrected chi connectivity index (χ4v) is 4.94. The maximum absolute atomic E-state index is 12.7. The second-order valence-corrected chi connectivity index (χ2v) is 8.49. The molecule has 4 atom stereocenters. The van der Waals surface area contributed by atoms with Crippen molar-refractivity contribution in [1.82, 2.24) is 9.99 Å². The first-order valence-corrected chi connectivity index (χ1v) is 10.4. The second-order valence-electron chi connectivity index (χ2n) is 7.64. The first-order valence-electron chi connectivity index (χ1n) is 9.60. The predicted molar refractivity (Wildman–Crippen MR) is 112 cm³/mol. The number of fused-ring (bicyclic) bond motifs is 5. The van der Waals surface area contributed by atoms with Gasteiger partial charge in [0.1, 0.15) is 11.9 Å². The fourth-order valence-electron chi connectivity index (χ4n) is 4.46. The fraction of sp³-hybridized carbons (Fsp3) is 0.238. The number of carbonyl (C=O) groups excluding carboxylic acids is 2. The van der Waals surface area contributed by atoms with E-state index in [1.54, 1.807) is 18.2 Å². The maximum Gasteiger partial charge on any atom is 0.287 e. The van der Waals surface area contributed by atoms with E-state index >= 15 is 0 Å². The number of nitro groups is 1. The summed E-state index contributed by atoms with van der Waals surface area (Å²) >= 11 is 3.40. The lowest BCUT2D eigenvalue weighted by molar-refractivity contribution is -0.385. The number of benzene rings is 1. The Hall–Kier alpha value is -3.40. The lowest BCUT2D eigenvalue weighted by Gasteiger charge is -2.13. The van der Waals surface area contributed by atoms with Crippen molar-refractivity contribution in [2.75, 3.05) is 0 Å². The van der Waals surface area contributed by atoms with E-state index in [0.717, 1.165) is 17.6 Å². The molecule has 2 bridgehead atoms. The number of allylic oxidation sites excluding steroid dienone is 2. The van der Waals surface area contributed by atoms with E-state index in [0.29, 0.717) is 15.8 Å². The summed E-state index contributed by atoms with van der Waals surface area (Å²) in [6.07, 6.45) is 7.54. The Bertz CT molecular complexity index is 1130. The first-order chi connectivity index (χ1) is 14.9. The molecule has 9 nitrogen and oxygen atoms in total. The van der Waals surface area contributed by atoms with Crippen LogP contribution in [0, 0.1) is 33.8 Å². The molecular formula is C21H15BrN4O5. The van der Waals surface area contributed by atoms with Gasteiger partial charge in [-0.2, -0.15) is 10.1 Å². The molecule has 156 valence electrons. The summed E-state index contributed by atoms with van der Waals surface area (Å²) in [5.41, 5.74) is 0.534. The van der Waals surface area contributed by atoms with Gasteiger partial charge in [-0.3, -0.25) is 19.7 Å². The number of nitrogens with zero attached hydrogens (tertiary/aromatic N) is 4. The van der Waals surface area contributed by atoms with Gasteiger partial charge in [0.2, 0.25) is 5.88 Å². The van der Waals surface area contributed by atoms with Crippen molar-refractivity contribution in [3.8, 4) is 11.6 Å². The third kappa shape index (κ3) is 3.32. The van der Waals surface area contributed by atoms with Gasteiger partial charge in [-0.05, 0) is 57.9 Å². The highest BCUT2D eigenvalue weighted by Crippen LogP contribution is 2.52. The van der Waals surface area contributed by atoms with Crippen LogP contribution in [0.5, 0.6) is 11.6 Å². The molecule has 10 heteroatoms. The van der Waals surface area contributed by atoms with Crippen LogP contribution >= 0.6 is 15.9 Å². The predicted octanol–water partition coefficient (Wildman–Crippen LogP) is 3.69. The average molecular weight is 483 g/mol. The smallest absolute Gasteiger partial charge is 0.287 e. The van der Waals surface area contributed by atoms with Crippen molar-refractivity contribution in [1.29, 1.82) is 0 Å². The van der Waals surface area contributed by atoms with Crippen molar-refractivity contribution in [3.05, 3.63) is 68.8 Å². The number of rotatable bonds is 5. The highest BCUT2D eigenvalue weighted by atomic mass is 79.9. The summed E-state index contributed by atoms with van der Waals surface area (Å²) in [7, 11) is 0. The van der Waals surface area contributed by atoms with Crippen LogP contribution in [0.15, 0.2) is 58.3 Å². The molecule has 0 N–H and O–H groups in total. The minimum Gasteiger partial charge on any atom is -0.438 e. The highest BCUT2D eigenvalue weighted by molar-refractivity contribution is 9.10. The van der Waals surface area contributed by atoms with E-state index in [9.17, 15) is 19.7 Å². The summed E-state index contributed by atoms with van der Waals surface area (Å²) in [5.74, 6) is -0.0827. The standard InChI is InChI=1S/C21H15BrN4O5/c22-15-7-11(1-5-16(15)31-17-6-4-14(10-23-17)26(29)30)9-24-25-20(27)18-12-2-3-13(8-12)19(18)21(25)28/h1-7,9-10,12-13,18-19H,8H2/t12-,13-,18-,19+/m0/s1. The third-order valence-electron chi connectivity index (χ3n) is 5.87. The summed E-state index contributed by atoms with van der Waals surface area (Å²) in [6.45, 7) is 0. The molecule has 1 aliphatic heterocycles. The SMILES string of the molecule is O=C1[C@@H]2[C@H](C(=O)N1N=Cc1ccc(Oc3ccc([N+](=O)[O-])cn3)c(Br)c1)[C@H]1C=C[C@H]2C1. The molecule has 0 radical (unpaired) electrons. The Kier molecular flexibility index (Phi) is 4.66. The quantitative estimate of drug-likeness (QED) is 0.211. The van der Waals surface area contributed by atoms with Crippen molar-refractivity contribution in [2.45, 2.75) is 6.42 Å². The monoisotopic (exact) mass is 482 g/mol. The van der Waals surface area contributed by atoms with Gasteiger partial charge in [-0.1, -0.05) is 12.2 Å². The van der Waals surface area contributed by atoms with Gasteiger partial charge in [0.15, 0.2) is 0 Å². The number of hydrazone groups is 1. The minimum atomic E-state index is -0.537. The average Bonchev–Trinajstić information content (AvgIpc) is 3.43. The zero-order chi connectivity index (χ0) is 21.7. The molecule has 1 aromatic heterocycles. The van der Waals surface area contributed by atoms with E-state index in [-0.39, 0.29) is 47.1 Å². The minimum absolute atomic E-state index is 0.128. The molecule has 2 amide bonds. The number of hydrogen-bond acceptors (Lipinski definition) is 7. The Morgan fingerprint density at radius 3 is 2.45 bits per heavy atom. The maximum atomic E-state index is 12.7. The zero-order valence-corrected chi connectivity index (χ0v) is 17.5. The Morgan fingerprint density at radius 1 is 1.16 bits per heavy atom. The Balaban J connectivity index is 1.29. The van der Waals surface area contributed by atoms with Crippen LogP contribution < -0.4 is 4.74 Å². The number of ether oxygens (including phenoxy) is 1. The number of hydrogen-bond donors (Lipinski definition) is 0. The van der Waals surface area contributed by atoms with Crippen LogP contribution in [-0.4, -0.2) is 32.9 Å². The molecular weight excluding hydrogens is 468 g/mol. The topological polar surface area (TPSA) is 115 Å². The van der Waals surface area contributed by atoms with E-state index in [1.807, 2.05) is 12.2 Å². The normalized spacial score (nSPS) is 26.2. The van der Waals surface area contributed by atoms with Crippen molar-refractivity contribution in [3.63, 3.8) is 0 Å². The first kappa shape index (κ1) is 19.6. The number of carbonyl (C=O) groups is 2. The lowest BCUT2D eigenvalue weighted by Crippen LogP contribution is -2.28.